The number of methoxy groups -OCH3 is 1. The summed E-state index contributed by atoms with van der Waals surface area (Å²) in [6, 6.07) is 2.09. The minimum atomic E-state index is -0.284. The first kappa shape index (κ1) is 20.8. The molecule has 3 aromatic heterocycles. The summed E-state index contributed by atoms with van der Waals surface area (Å²) in [7, 11) is 1.66. The zero-order valence-corrected chi connectivity index (χ0v) is 18.7. The quantitative estimate of drug-likeness (QED) is 0.591. The molecule has 1 saturated carbocycles. The molecule has 8 nitrogen and oxygen atoms in total. The van der Waals surface area contributed by atoms with Crippen LogP contribution in [-0.4, -0.2) is 37.4 Å². The van der Waals surface area contributed by atoms with Crippen molar-refractivity contribution in [2.24, 2.45) is 0 Å². The van der Waals surface area contributed by atoms with Crippen molar-refractivity contribution in [1.29, 1.82) is 0 Å². The van der Waals surface area contributed by atoms with Gasteiger partial charge in [0.2, 0.25) is 0 Å². The fourth-order valence-corrected chi connectivity index (χ4v) is 4.68. The molecule has 1 fully saturated rings. The van der Waals surface area contributed by atoms with Crippen LogP contribution < -0.4 is 5.32 Å². The van der Waals surface area contributed by atoms with E-state index in [1.165, 1.54) is 25.5 Å². The molecule has 0 bridgehead atoms. The van der Waals surface area contributed by atoms with Gasteiger partial charge in [0, 0.05) is 35.6 Å². The molecule has 1 N–H and O–H groups in total. The Morgan fingerprint density at radius 2 is 2.09 bits per heavy atom. The molecule has 2 aliphatic rings. The van der Waals surface area contributed by atoms with Crippen molar-refractivity contribution < 1.29 is 9.53 Å². The van der Waals surface area contributed by atoms with Gasteiger partial charge in [-0.1, -0.05) is 30.9 Å². The molecule has 0 spiro atoms. The third-order valence-corrected chi connectivity index (χ3v) is 6.44. The maximum atomic E-state index is 13.2. The highest BCUT2D eigenvalue weighted by molar-refractivity contribution is 6.30. The van der Waals surface area contributed by atoms with Crippen molar-refractivity contribution in [2.45, 2.75) is 51.0 Å². The smallest absolute Gasteiger partial charge is 0.261 e. The average molecular weight is 453 g/mol. The Labute approximate surface area is 190 Å². The van der Waals surface area contributed by atoms with E-state index in [9.17, 15) is 4.79 Å². The molecule has 0 atom stereocenters. The maximum absolute atomic E-state index is 13.2. The lowest BCUT2D eigenvalue weighted by Crippen LogP contribution is -2.13. The summed E-state index contributed by atoms with van der Waals surface area (Å²) in [5, 5.41) is 12.9. The van der Waals surface area contributed by atoms with Crippen molar-refractivity contribution in [3.8, 4) is 0 Å². The largest absolute Gasteiger partial charge is 0.500 e. The van der Waals surface area contributed by atoms with Crippen LogP contribution in [0.5, 0.6) is 0 Å². The minimum absolute atomic E-state index is 0.284. The van der Waals surface area contributed by atoms with Gasteiger partial charge in [0.05, 0.1) is 25.0 Å². The van der Waals surface area contributed by atoms with Gasteiger partial charge in [0.15, 0.2) is 5.65 Å². The third-order valence-electron chi connectivity index (χ3n) is 6.15. The summed E-state index contributed by atoms with van der Waals surface area (Å²) in [6.07, 6.45) is 16.0. The fourth-order valence-electron chi connectivity index (χ4n) is 4.48. The standard InChI is InChI=1S/C23H25ClN6O2/c1-32-20-9-8-15(24)12-17(20)21-19(14-30(28-21)16-6-3-2-4-7-16)27-23(31)18-13-26-29-11-5-10-25-22(18)29/h5,10-14,16H,2-4,6-9H2,1H3,(H,27,31). The van der Waals surface area contributed by atoms with Gasteiger partial charge in [-0.05, 0) is 31.4 Å². The van der Waals surface area contributed by atoms with Gasteiger partial charge in [0.25, 0.3) is 5.91 Å². The van der Waals surface area contributed by atoms with Gasteiger partial charge in [-0.2, -0.15) is 10.2 Å². The van der Waals surface area contributed by atoms with Crippen LogP contribution in [-0.2, 0) is 4.74 Å². The van der Waals surface area contributed by atoms with Crippen molar-refractivity contribution in [1.82, 2.24) is 24.4 Å². The highest BCUT2D eigenvalue weighted by atomic mass is 35.5. The van der Waals surface area contributed by atoms with E-state index in [1.54, 1.807) is 30.1 Å². The van der Waals surface area contributed by atoms with Crippen LogP contribution in [0.15, 0.2) is 47.7 Å². The number of halogens is 1. The Bertz CT molecular complexity index is 1220. The summed E-state index contributed by atoms with van der Waals surface area (Å²) >= 11 is 6.37. The van der Waals surface area contributed by atoms with Gasteiger partial charge in [-0.3, -0.25) is 9.48 Å². The first-order valence-corrected chi connectivity index (χ1v) is 11.3. The van der Waals surface area contributed by atoms with E-state index >= 15 is 0 Å². The summed E-state index contributed by atoms with van der Waals surface area (Å²) in [5.74, 6) is 0.532. The number of hydrogen-bond acceptors (Lipinski definition) is 5. The van der Waals surface area contributed by atoms with E-state index in [0.29, 0.717) is 35.1 Å². The average Bonchev–Trinajstić information content (AvgIpc) is 3.44. The first-order chi connectivity index (χ1) is 15.6. The van der Waals surface area contributed by atoms with Crippen LogP contribution in [0.25, 0.3) is 11.2 Å². The van der Waals surface area contributed by atoms with Crippen molar-refractivity contribution in [3.63, 3.8) is 0 Å². The monoisotopic (exact) mass is 452 g/mol. The molecule has 0 aromatic carbocycles. The van der Waals surface area contributed by atoms with Gasteiger partial charge >= 0.3 is 0 Å². The van der Waals surface area contributed by atoms with Gasteiger partial charge in [-0.25, -0.2) is 9.50 Å². The number of allylic oxidation sites excluding steroid dienone is 4. The lowest BCUT2D eigenvalue weighted by Gasteiger charge is -2.21. The molecule has 0 unspecified atom stereocenters. The van der Waals surface area contributed by atoms with Crippen molar-refractivity contribution >= 4 is 34.4 Å². The molecule has 0 radical (unpaired) electrons. The lowest BCUT2D eigenvalue weighted by molar-refractivity contribution is 0.102. The van der Waals surface area contributed by atoms with E-state index in [4.69, 9.17) is 21.4 Å². The second kappa shape index (κ2) is 8.78. The Morgan fingerprint density at radius 1 is 1.25 bits per heavy atom. The molecule has 3 heterocycles. The highest BCUT2D eigenvalue weighted by Crippen LogP contribution is 2.37. The van der Waals surface area contributed by atoms with Crippen LogP contribution in [0.2, 0.25) is 0 Å². The van der Waals surface area contributed by atoms with Crippen molar-refractivity contribution in [2.75, 3.05) is 12.4 Å². The molecule has 0 aliphatic heterocycles. The predicted molar refractivity (Wildman–Crippen MR) is 122 cm³/mol. The number of hydrogen-bond donors (Lipinski definition) is 1. The summed E-state index contributed by atoms with van der Waals surface area (Å²) in [6.45, 7) is 0. The minimum Gasteiger partial charge on any atom is -0.500 e. The number of fused-ring (bicyclic) bond motifs is 1. The molecular weight excluding hydrogens is 428 g/mol. The zero-order chi connectivity index (χ0) is 22.1. The van der Waals surface area contributed by atoms with Gasteiger partial charge in [-0.15, -0.1) is 0 Å². The summed E-state index contributed by atoms with van der Waals surface area (Å²) in [5.41, 5.74) is 3.02. The van der Waals surface area contributed by atoms with E-state index < -0.39 is 0 Å². The fraction of sp³-hybridized carbons (Fsp3) is 0.391. The number of amides is 1. The number of carbonyl (C=O) groups is 1. The van der Waals surface area contributed by atoms with Crippen molar-refractivity contribution in [3.05, 3.63) is 59.0 Å². The summed E-state index contributed by atoms with van der Waals surface area (Å²) in [4.78, 5) is 17.5. The molecular formula is C23H25ClN6O2. The number of aromatic nitrogens is 5. The second-order valence-corrected chi connectivity index (χ2v) is 8.68. The normalized spacial score (nSPS) is 17.5. The van der Waals surface area contributed by atoms with E-state index in [0.717, 1.165) is 35.6 Å². The molecule has 0 saturated heterocycles. The van der Waals surface area contributed by atoms with Crippen LogP contribution in [0.4, 0.5) is 5.69 Å². The number of nitrogens with one attached hydrogen (secondary N) is 1. The van der Waals surface area contributed by atoms with E-state index in [1.807, 2.05) is 17.0 Å². The number of carbonyl (C=O) groups excluding carboxylic acids is 1. The molecule has 2 aliphatic carbocycles. The van der Waals surface area contributed by atoms with Crippen LogP contribution in [0.1, 0.15) is 67.0 Å². The van der Waals surface area contributed by atoms with Gasteiger partial charge < -0.3 is 10.1 Å². The Kier molecular flexibility index (Phi) is 5.70. The molecule has 3 aromatic rings. The first-order valence-electron chi connectivity index (χ1n) is 11.0. The maximum Gasteiger partial charge on any atom is 0.261 e. The topological polar surface area (TPSA) is 86.3 Å². The highest BCUT2D eigenvalue weighted by Gasteiger charge is 2.25. The number of nitrogens with zero attached hydrogens (tertiary/aromatic N) is 5. The Balaban J connectivity index is 1.55. The predicted octanol–water partition coefficient (Wildman–Crippen LogP) is 4.96. The molecule has 32 heavy (non-hydrogen) atoms. The Hall–Kier alpha value is -3.13. The van der Waals surface area contributed by atoms with Crippen LogP contribution in [0.3, 0.4) is 0 Å². The van der Waals surface area contributed by atoms with E-state index in [-0.39, 0.29) is 5.91 Å². The number of anilines is 1. The Morgan fingerprint density at radius 3 is 2.91 bits per heavy atom. The number of ether oxygens (including phenoxy) is 1. The second-order valence-electron chi connectivity index (χ2n) is 8.20. The SMILES string of the molecule is COC1=C(c2nn(C3CCCCC3)cc2NC(=O)c2cnn3cccnc23)C=C(Cl)CC1. The molecule has 9 heteroatoms. The number of rotatable bonds is 5. The molecule has 5 rings (SSSR count). The molecule has 1 amide bonds. The van der Waals surface area contributed by atoms with E-state index in [2.05, 4.69) is 15.4 Å². The van der Waals surface area contributed by atoms with Gasteiger partial charge in [0.1, 0.15) is 17.0 Å². The molecule has 166 valence electrons. The van der Waals surface area contributed by atoms with Crippen LogP contribution >= 0.6 is 11.6 Å². The summed E-state index contributed by atoms with van der Waals surface area (Å²) < 4.78 is 9.22. The van der Waals surface area contributed by atoms with Crippen LogP contribution in [0, 0.1) is 0 Å². The third kappa shape index (κ3) is 3.90. The zero-order valence-electron chi connectivity index (χ0n) is 17.9. The lowest BCUT2D eigenvalue weighted by atomic mass is 9.96.